The SMILES string of the molecule is CCCc1c(NN)ncnc1N(C)C(C)c1cccs1. The molecule has 0 aromatic carbocycles. The third-order valence-corrected chi connectivity index (χ3v) is 4.47. The van der Waals surface area contributed by atoms with Gasteiger partial charge in [0.1, 0.15) is 18.0 Å². The van der Waals surface area contributed by atoms with E-state index in [1.807, 2.05) is 0 Å². The fourth-order valence-corrected chi connectivity index (χ4v) is 3.04. The van der Waals surface area contributed by atoms with E-state index in [9.17, 15) is 0 Å². The molecule has 0 bridgehead atoms. The zero-order valence-corrected chi connectivity index (χ0v) is 12.9. The highest BCUT2D eigenvalue weighted by Gasteiger charge is 2.19. The van der Waals surface area contributed by atoms with Crippen molar-refractivity contribution in [1.82, 2.24) is 9.97 Å². The second kappa shape index (κ2) is 6.67. The maximum atomic E-state index is 5.56. The molecule has 0 aliphatic rings. The van der Waals surface area contributed by atoms with Crippen LogP contribution in [0.5, 0.6) is 0 Å². The minimum Gasteiger partial charge on any atom is -0.352 e. The summed E-state index contributed by atoms with van der Waals surface area (Å²) in [5.41, 5.74) is 3.75. The molecule has 1 atom stereocenters. The smallest absolute Gasteiger partial charge is 0.148 e. The van der Waals surface area contributed by atoms with Gasteiger partial charge in [-0.25, -0.2) is 15.8 Å². The Labute approximate surface area is 123 Å². The fourth-order valence-electron chi connectivity index (χ4n) is 2.21. The molecule has 0 aliphatic carbocycles. The van der Waals surface area contributed by atoms with Crippen molar-refractivity contribution < 1.29 is 0 Å². The van der Waals surface area contributed by atoms with Gasteiger partial charge in [-0.3, -0.25) is 0 Å². The molecule has 2 aromatic rings. The van der Waals surface area contributed by atoms with E-state index in [4.69, 9.17) is 5.84 Å². The number of hydrazine groups is 1. The summed E-state index contributed by atoms with van der Waals surface area (Å²) in [6.45, 7) is 4.32. The van der Waals surface area contributed by atoms with Crippen molar-refractivity contribution in [3.8, 4) is 0 Å². The first-order valence-electron chi connectivity index (χ1n) is 6.75. The molecule has 2 rings (SSSR count). The van der Waals surface area contributed by atoms with E-state index in [0.29, 0.717) is 5.82 Å². The summed E-state index contributed by atoms with van der Waals surface area (Å²) < 4.78 is 0. The molecule has 5 nitrogen and oxygen atoms in total. The lowest BCUT2D eigenvalue weighted by Crippen LogP contribution is -2.24. The molecule has 6 heteroatoms. The number of nitrogens with two attached hydrogens (primary N) is 1. The Morgan fingerprint density at radius 2 is 2.25 bits per heavy atom. The van der Waals surface area contributed by atoms with Gasteiger partial charge in [-0.1, -0.05) is 19.4 Å². The zero-order valence-electron chi connectivity index (χ0n) is 12.1. The largest absolute Gasteiger partial charge is 0.352 e. The highest BCUT2D eigenvalue weighted by atomic mass is 32.1. The van der Waals surface area contributed by atoms with Crippen molar-refractivity contribution in [1.29, 1.82) is 0 Å². The molecule has 108 valence electrons. The standard InChI is InChI=1S/C14H21N5S/c1-4-6-11-13(18-15)16-9-17-14(11)19(3)10(2)12-7-5-8-20-12/h5,7-10H,4,6,15H2,1-3H3,(H,16,17,18). The highest BCUT2D eigenvalue weighted by molar-refractivity contribution is 7.10. The molecule has 3 N–H and O–H groups in total. The third-order valence-electron chi connectivity index (χ3n) is 3.43. The summed E-state index contributed by atoms with van der Waals surface area (Å²) in [6, 6.07) is 4.49. The monoisotopic (exact) mass is 291 g/mol. The average molecular weight is 291 g/mol. The van der Waals surface area contributed by atoms with E-state index in [2.05, 4.69) is 58.7 Å². The van der Waals surface area contributed by atoms with Gasteiger partial charge in [0.2, 0.25) is 0 Å². The van der Waals surface area contributed by atoms with Gasteiger partial charge >= 0.3 is 0 Å². The van der Waals surface area contributed by atoms with E-state index in [1.165, 1.54) is 4.88 Å². The van der Waals surface area contributed by atoms with Gasteiger partial charge in [-0.15, -0.1) is 11.3 Å². The molecule has 0 amide bonds. The highest BCUT2D eigenvalue weighted by Crippen LogP contribution is 2.31. The number of hydrogen-bond donors (Lipinski definition) is 2. The number of hydrogen-bond acceptors (Lipinski definition) is 6. The van der Waals surface area contributed by atoms with Gasteiger partial charge < -0.3 is 10.3 Å². The van der Waals surface area contributed by atoms with Crippen LogP contribution in [0, 0.1) is 0 Å². The number of nitrogens with one attached hydrogen (secondary N) is 1. The molecule has 0 spiro atoms. The molecule has 1 unspecified atom stereocenters. The van der Waals surface area contributed by atoms with Crippen LogP contribution in [0.15, 0.2) is 23.8 Å². The van der Waals surface area contributed by atoms with Crippen molar-refractivity contribution in [2.45, 2.75) is 32.7 Å². The van der Waals surface area contributed by atoms with Crippen LogP contribution < -0.4 is 16.2 Å². The van der Waals surface area contributed by atoms with Crippen LogP contribution in [-0.4, -0.2) is 17.0 Å². The quantitative estimate of drug-likeness (QED) is 0.632. The van der Waals surface area contributed by atoms with Crippen molar-refractivity contribution in [3.63, 3.8) is 0 Å². The first kappa shape index (κ1) is 14.7. The Hall–Kier alpha value is -1.66. The molecular weight excluding hydrogens is 270 g/mol. The second-order valence-corrected chi connectivity index (χ2v) is 5.70. The molecule has 2 aromatic heterocycles. The van der Waals surface area contributed by atoms with E-state index in [0.717, 1.165) is 24.2 Å². The summed E-state index contributed by atoms with van der Waals surface area (Å²) in [4.78, 5) is 12.2. The van der Waals surface area contributed by atoms with Crippen LogP contribution >= 0.6 is 11.3 Å². The molecule has 0 fully saturated rings. The van der Waals surface area contributed by atoms with Gasteiger partial charge in [-0.05, 0) is 24.8 Å². The molecule has 0 saturated carbocycles. The zero-order chi connectivity index (χ0) is 14.5. The van der Waals surface area contributed by atoms with Crippen molar-refractivity contribution >= 4 is 23.0 Å². The predicted octanol–water partition coefficient (Wildman–Crippen LogP) is 2.97. The lowest BCUT2D eigenvalue weighted by Gasteiger charge is -2.27. The second-order valence-electron chi connectivity index (χ2n) is 4.72. The first-order chi connectivity index (χ1) is 9.69. The summed E-state index contributed by atoms with van der Waals surface area (Å²) in [5, 5.41) is 2.10. The summed E-state index contributed by atoms with van der Waals surface area (Å²) in [7, 11) is 2.06. The van der Waals surface area contributed by atoms with Crippen LogP contribution in [0.3, 0.4) is 0 Å². The van der Waals surface area contributed by atoms with Gasteiger partial charge in [0, 0.05) is 17.5 Å². The average Bonchev–Trinajstić information content (AvgIpc) is 3.00. The van der Waals surface area contributed by atoms with Crippen molar-refractivity contribution in [2.24, 2.45) is 5.84 Å². The van der Waals surface area contributed by atoms with Gasteiger partial charge in [0.05, 0.1) is 6.04 Å². The molecule has 20 heavy (non-hydrogen) atoms. The molecule has 2 heterocycles. The van der Waals surface area contributed by atoms with Crippen LogP contribution in [-0.2, 0) is 6.42 Å². The Kier molecular flexibility index (Phi) is 4.92. The lowest BCUT2D eigenvalue weighted by atomic mass is 10.1. The molecule has 0 saturated heterocycles. The van der Waals surface area contributed by atoms with E-state index < -0.39 is 0 Å². The summed E-state index contributed by atoms with van der Waals surface area (Å²) >= 11 is 1.76. The Morgan fingerprint density at radius 3 is 2.85 bits per heavy atom. The third kappa shape index (κ3) is 2.91. The Balaban J connectivity index is 2.35. The normalized spacial score (nSPS) is 12.2. The number of aromatic nitrogens is 2. The maximum Gasteiger partial charge on any atom is 0.148 e. The van der Waals surface area contributed by atoms with Gasteiger partial charge in [-0.2, -0.15) is 0 Å². The lowest BCUT2D eigenvalue weighted by molar-refractivity contribution is 0.730. The van der Waals surface area contributed by atoms with Crippen molar-refractivity contribution in [3.05, 3.63) is 34.3 Å². The van der Waals surface area contributed by atoms with Crippen LogP contribution in [0.4, 0.5) is 11.6 Å². The first-order valence-corrected chi connectivity index (χ1v) is 7.63. The van der Waals surface area contributed by atoms with Gasteiger partial charge in [0.15, 0.2) is 0 Å². The number of rotatable bonds is 6. The van der Waals surface area contributed by atoms with Crippen LogP contribution in [0.25, 0.3) is 0 Å². The minimum atomic E-state index is 0.270. The molecular formula is C14H21N5S. The van der Waals surface area contributed by atoms with E-state index in [1.54, 1.807) is 17.7 Å². The molecule has 0 aliphatic heterocycles. The summed E-state index contributed by atoms with van der Waals surface area (Å²) in [6.07, 6.45) is 3.48. The van der Waals surface area contributed by atoms with Crippen LogP contribution in [0.2, 0.25) is 0 Å². The maximum absolute atomic E-state index is 5.56. The van der Waals surface area contributed by atoms with E-state index >= 15 is 0 Å². The Bertz CT molecular complexity index is 541. The van der Waals surface area contributed by atoms with Gasteiger partial charge in [0.25, 0.3) is 0 Å². The predicted molar refractivity (Wildman–Crippen MR) is 85.0 cm³/mol. The number of anilines is 2. The van der Waals surface area contributed by atoms with E-state index in [-0.39, 0.29) is 6.04 Å². The van der Waals surface area contributed by atoms with Crippen LogP contribution in [0.1, 0.15) is 36.8 Å². The van der Waals surface area contributed by atoms with Crippen molar-refractivity contribution in [2.75, 3.05) is 17.4 Å². The summed E-state index contributed by atoms with van der Waals surface area (Å²) in [5.74, 6) is 7.21. The number of nitrogens with zero attached hydrogens (tertiary/aromatic N) is 3. The Morgan fingerprint density at radius 1 is 1.45 bits per heavy atom. The topological polar surface area (TPSA) is 67.1 Å². The fraction of sp³-hybridized carbons (Fsp3) is 0.429. The number of thiophene rings is 1. The minimum absolute atomic E-state index is 0.270. The molecule has 0 radical (unpaired) electrons. The number of nitrogen functional groups attached to an aromatic ring is 1.